The van der Waals surface area contributed by atoms with Crippen molar-refractivity contribution in [3.05, 3.63) is 76.2 Å². The monoisotopic (exact) mass is 383 g/mol. The summed E-state index contributed by atoms with van der Waals surface area (Å²) in [6.07, 6.45) is 7.34. The van der Waals surface area contributed by atoms with Gasteiger partial charge in [-0.1, -0.05) is 6.07 Å². The van der Waals surface area contributed by atoms with Crippen LogP contribution in [-0.2, 0) is 12.2 Å². The third-order valence-electron chi connectivity index (χ3n) is 3.84. The number of pyridine rings is 2. The third-order valence-corrected chi connectivity index (χ3v) is 4.81. The molecule has 2 N–H and O–H groups in total. The molecule has 0 saturated carbocycles. The lowest BCUT2D eigenvalue weighted by atomic mass is 10.1. The second-order valence-corrected chi connectivity index (χ2v) is 6.86. The topological polar surface area (TPSA) is 92.8 Å². The van der Waals surface area contributed by atoms with Gasteiger partial charge < -0.3 is 10.1 Å². The van der Waals surface area contributed by atoms with E-state index in [0.717, 1.165) is 28.5 Å². The summed E-state index contributed by atoms with van der Waals surface area (Å²) in [7, 11) is 1.65. The van der Waals surface area contributed by atoms with E-state index < -0.39 is 0 Å². The van der Waals surface area contributed by atoms with E-state index in [-0.39, 0.29) is 5.56 Å². The minimum absolute atomic E-state index is 0.137. The molecule has 0 atom stereocenters. The molecule has 7 nitrogen and oxygen atoms in total. The van der Waals surface area contributed by atoms with Gasteiger partial charge in [0.1, 0.15) is 5.75 Å². The van der Waals surface area contributed by atoms with Crippen molar-refractivity contribution in [3.8, 4) is 5.75 Å². The van der Waals surface area contributed by atoms with Gasteiger partial charge in [-0.3, -0.25) is 19.7 Å². The molecular formula is C19H21N5O2S. The van der Waals surface area contributed by atoms with Crippen LogP contribution >= 0.6 is 11.8 Å². The number of hydrogen-bond acceptors (Lipinski definition) is 7. The number of H-pyrrole nitrogens is 1. The Morgan fingerprint density at radius 3 is 2.85 bits per heavy atom. The van der Waals surface area contributed by atoms with Crippen molar-refractivity contribution in [2.45, 2.75) is 12.2 Å². The van der Waals surface area contributed by atoms with Crippen LogP contribution < -0.4 is 15.6 Å². The maximum Gasteiger partial charge on any atom is 0.255 e. The number of ether oxygens (including phenoxy) is 1. The van der Waals surface area contributed by atoms with Crippen molar-refractivity contribution in [2.75, 3.05) is 24.7 Å². The summed E-state index contributed by atoms with van der Waals surface area (Å²) in [5, 5.41) is 3.14. The molecule has 0 aliphatic rings. The fraction of sp³-hybridized carbons (Fsp3) is 0.263. The number of nitrogens with zero attached hydrogens (tertiary/aromatic N) is 3. The van der Waals surface area contributed by atoms with E-state index in [4.69, 9.17) is 4.74 Å². The molecule has 0 aromatic carbocycles. The molecule has 0 radical (unpaired) electrons. The van der Waals surface area contributed by atoms with Gasteiger partial charge >= 0.3 is 0 Å². The summed E-state index contributed by atoms with van der Waals surface area (Å²) < 4.78 is 5.29. The highest BCUT2D eigenvalue weighted by Crippen LogP contribution is 2.20. The first kappa shape index (κ1) is 18.9. The molecule has 0 saturated heterocycles. The average molecular weight is 383 g/mol. The Morgan fingerprint density at radius 2 is 2.07 bits per heavy atom. The largest absolute Gasteiger partial charge is 0.495 e. The number of methoxy groups -OCH3 is 1. The first-order chi connectivity index (χ1) is 13.3. The Kier molecular flexibility index (Phi) is 6.81. The summed E-state index contributed by atoms with van der Waals surface area (Å²) in [6, 6.07) is 7.55. The highest BCUT2D eigenvalue weighted by molar-refractivity contribution is 7.98. The quantitative estimate of drug-likeness (QED) is 0.548. The van der Waals surface area contributed by atoms with Gasteiger partial charge in [-0.25, -0.2) is 4.98 Å². The maximum absolute atomic E-state index is 12.2. The van der Waals surface area contributed by atoms with Gasteiger partial charge in [0.25, 0.3) is 5.56 Å². The third kappa shape index (κ3) is 5.55. The molecule has 3 rings (SSSR count). The SMILES string of the molecule is COc1cccnc1CSCCNc1ncc(Cc2cccnc2)c(=O)[nH]1. The van der Waals surface area contributed by atoms with Crippen molar-refractivity contribution in [1.29, 1.82) is 0 Å². The van der Waals surface area contributed by atoms with Gasteiger partial charge in [0, 0.05) is 54.8 Å². The van der Waals surface area contributed by atoms with Gasteiger partial charge in [0.2, 0.25) is 5.95 Å². The first-order valence-corrected chi connectivity index (χ1v) is 9.68. The molecule has 27 heavy (non-hydrogen) atoms. The van der Waals surface area contributed by atoms with Gasteiger partial charge in [-0.2, -0.15) is 11.8 Å². The molecule has 3 heterocycles. The minimum atomic E-state index is -0.137. The van der Waals surface area contributed by atoms with Crippen LogP contribution in [0.2, 0.25) is 0 Å². The van der Waals surface area contributed by atoms with E-state index >= 15 is 0 Å². The van der Waals surface area contributed by atoms with E-state index in [1.807, 2.05) is 24.3 Å². The normalized spacial score (nSPS) is 10.6. The molecule has 0 aliphatic heterocycles. The Balaban J connectivity index is 1.46. The standard InChI is InChI=1S/C19H21N5O2S/c1-26-17-5-3-7-21-16(17)13-27-9-8-22-19-23-12-15(18(25)24-19)10-14-4-2-6-20-11-14/h2-7,11-12H,8-10,13H2,1H3,(H2,22,23,24,25). The average Bonchev–Trinajstić information content (AvgIpc) is 2.71. The number of hydrogen-bond donors (Lipinski definition) is 2. The second-order valence-electron chi connectivity index (χ2n) is 5.76. The van der Waals surface area contributed by atoms with Crippen molar-refractivity contribution in [2.24, 2.45) is 0 Å². The van der Waals surface area contributed by atoms with Crippen LogP contribution in [-0.4, -0.2) is 39.3 Å². The lowest BCUT2D eigenvalue weighted by Gasteiger charge is -2.08. The van der Waals surface area contributed by atoms with E-state index in [0.29, 0.717) is 24.5 Å². The molecular weight excluding hydrogens is 362 g/mol. The second kappa shape index (κ2) is 9.72. The van der Waals surface area contributed by atoms with Crippen LogP contribution in [0, 0.1) is 0 Å². The number of thioether (sulfide) groups is 1. The van der Waals surface area contributed by atoms with E-state index in [2.05, 4.69) is 25.3 Å². The fourth-order valence-electron chi connectivity index (χ4n) is 2.49. The van der Waals surface area contributed by atoms with Crippen LogP contribution in [0.15, 0.2) is 53.8 Å². The molecule has 3 aromatic rings. The smallest absolute Gasteiger partial charge is 0.255 e. The van der Waals surface area contributed by atoms with E-state index in [1.165, 1.54) is 0 Å². The molecule has 0 fully saturated rings. The summed E-state index contributed by atoms with van der Waals surface area (Å²) in [5.41, 5.74) is 2.38. The van der Waals surface area contributed by atoms with E-state index in [1.54, 1.807) is 43.7 Å². The number of aromatic nitrogens is 4. The maximum atomic E-state index is 12.2. The Bertz CT molecular complexity index is 917. The van der Waals surface area contributed by atoms with Crippen LogP contribution in [0.1, 0.15) is 16.8 Å². The highest BCUT2D eigenvalue weighted by Gasteiger charge is 2.05. The first-order valence-electron chi connectivity index (χ1n) is 8.53. The Hall–Kier alpha value is -2.87. The van der Waals surface area contributed by atoms with Gasteiger partial charge in [0.05, 0.1) is 12.8 Å². The highest BCUT2D eigenvalue weighted by atomic mass is 32.2. The van der Waals surface area contributed by atoms with Crippen molar-refractivity contribution < 1.29 is 4.74 Å². The summed E-state index contributed by atoms with van der Waals surface area (Å²) in [5.74, 6) is 2.89. The molecule has 140 valence electrons. The molecule has 8 heteroatoms. The van der Waals surface area contributed by atoms with Crippen LogP contribution in [0.3, 0.4) is 0 Å². The van der Waals surface area contributed by atoms with Crippen LogP contribution in [0.5, 0.6) is 5.75 Å². The molecule has 0 unspecified atom stereocenters. The molecule has 0 aliphatic carbocycles. The van der Waals surface area contributed by atoms with Gasteiger partial charge in [-0.15, -0.1) is 0 Å². The summed E-state index contributed by atoms with van der Waals surface area (Å²) >= 11 is 1.73. The molecule has 0 spiro atoms. The zero-order chi connectivity index (χ0) is 18.9. The number of nitrogens with one attached hydrogen (secondary N) is 2. The lowest BCUT2D eigenvalue weighted by molar-refractivity contribution is 0.409. The number of aromatic amines is 1. The lowest BCUT2D eigenvalue weighted by Crippen LogP contribution is -2.18. The van der Waals surface area contributed by atoms with Crippen LogP contribution in [0.25, 0.3) is 0 Å². The van der Waals surface area contributed by atoms with Gasteiger partial charge in [-0.05, 0) is 23.8 Å². The molecule has 0 amide bonds. The predicted octanol–water partition coefficient (Wildman–Crippen LogP) is 2.50. The van der Waals surface area contributed by atoms with Crippen molar-refractivity contribution >= 4 is 17.7 Å². The van der Waals surface area contributed by atoms with Crippen LogP contribution in [0.4, 0.5) is 5.95 Å². The predicted molar refractivity (Wildman–Crippen MR) is 107 cm³/mol. The Labute approximate surface area is 161 Å². The zero-order valence-electron chi connectivity index (χ0n) is 15.0. The molecule has 0 bridgehead atoms. The Morgan fingerprint density at radius 1 is 1.19 bits per heavy atom. The summed E-state index contributed by atoms with van der Waals surface area (Å²) in [4.78, 5) is 27.7. The summed E-state index contributed by atoms with van der Waals surface area (Å²) in [6.45, 7) is 0.685. The number of rotatable bonds is 9. The zero-order valence-corrected chi connectivity index (χ0v) is 15.8. The van der Waals surface area contributed by atoms with E-state index in [9.17, 15) is 4.79 Å². The minimum Gasteiger partial charge on any atom is -0.495 e. The number of anilines is 1. The van der Waals surface area contributed by atoms with Crippen molar-refractivity contribution in [1.82, 2.24) is 19.9 Å². The van der Waals surface area contributed by atoms with Gasteiger partial charge in [0.15, 0.2) is 0 Å². The molecule has 3 aromatic heterocycles. The van der Waals surface area contributed by atoms with Crippen molar-refractivity contribution in [3.63, 3.8) is 0 Å². The fourth-order valence-corrected chi connectivity index (χ4v) is 3.29.